The van der Waals surface area contributed by atoms with Crippen LogP contribution in [0.15, 0.2) is 23.1 Å². The molecule has 0 saturated carbocycles. The van der Waals surface area contributed by atoms with Gasteiger partial charge in [-0.1, -0.05) is 6.07 Å². The van der Waals surface area contributed by atoms with Crippen molar-refractivity contribution in [1.82, 2.24) is 0 Å². The maximum Gasteiger partial charge on any atom is 0.186 e. The first-order valence-corrected chi connectivity index (χ1v) is 8.03. The molecule has 20 heavy (non-hydrogen) atoms. The highest BCUT2D eigenvalue weighted by molar-refractivity contribution is 7.92. The molecular weight excluding hydrogens is 278 g/mol. The van der Waals surface area contributed by atoms with Gasteiger partial charge in [-0.05, 0) is 32.4 Å². The largest absolute Gasteiger partial charge is 0.348 e. The number of nitriles is 1. The van der Waals surface area contributed by atoms with Crippen molar-refractivity contribution < 1.29 is 17.9 Å². The predicted octanol–water partition coefficient (Wildman–Crippen LogP) is 2.18. The van der Waals surface area contributed by atoms with Gasteiger partial charge in [-0.2, -0.15) is 5.26 Å². The molecule has 0 atom stereocenters. The third-order valence-electron chi connectivity index (χ3n) is 3.18. The minimum atomic E-state index is -3.50. The lowest BCUT2D eigenvalue weighted by Gasteiger charge is -2.26. The van der Waals surface area contributed by atoms with E-state index in [9.17, 15) is 13.7 Å². The zero-order valence-corrected chi connectivity index (χ0v) is 12.3. The van der Waals surface area contributed by atoms with Crippen LogP contribution in [-0.4, -0.2) is 26.9 Å². The summed E-state index contributed by atoms with van der Waals surface area (Å²) in [5.41, 5.74) is 0.599. The quantitative estimate of drug-likeness (QED) is 0.854. The van der Waals surface area contributed by atoms with E-state index in [-0.39, 0.29) is 10.5 Å². The monoisotopic (exact) mass is 295 g/mol. The van der Waals surface area contributed by atoms with E-state index in [4.69, 9.17) is 9.47 Å². The van der Waals surface area contributed by atoms with Crippen molar-refractivity contribution in [2.75, 3.05) is 13.2 Å². The van der Waals surface area contributed by atoms with Gasteiger partial charge in [0.1, 0.15) is 0 Å². The van der Waals surface area contributed by atoms with E-state index < -0.39 is 21.4 Å². The highest BCUT2D eigenvalue weighted by Crippen LogP contribution is 2.33. The number of hydrogen-bond acceptors (Lipinski definition) is 5. The summed E-state index contributed by atoms with van der Waals surface area (Å²) in [7, 11) is -3.50. The Bertz CT molecular complexity index is 625. The minimum absolute atomic E-state index is 0.124. The fourth-order valence-electron chi connectivity index (χ4n) is 2.04. The molecule has 1 aromatic carbocycles. The number of ether oxygens (including phenoxy) is 2. The van der Waals surface area contributed by atoms with Crippen LogP contribution >= 0.6 is 0 Å². The predicted molar refractivity (Wildman–Crippen MR) is 72.7 cm³/mol. The molecule has 6 heteroatoms. The van der Waals surface area contributed by atoms with Gasteiger partial charge in [0.2, 0.25) is 0 Å². The lowest BCUT2D eigenvalue weighted by Crippen LogP contribution is -2.23. The summed E-state index contributed by atoms with van der Waals surface area (Å²) in [5, 5.41) is 8.65. The average molecular weight is 295 g/mol. The Hall–Kier alpha value is -1.42. The van der Waals surface area contributed by atoms with E-state index in [1.165, 1.54) is 6.07 Å². The maximum atomic E-state index is 12.4. The molecule has 1 aliphatic heterocycles. The first kappa shape index (κ1) is 15.0. The van der Waals surface area contributed by atoms with E-state index in [1.54, 1.807) is 26.0 Å². The molecule has 1 aromatic rings. The van der Waals surface area contributed by atoms with Crippen LogP contribution in [0.1, 0.15) is 37.7 Å². The second kappa shape index (κ2) is 5.92. The van der Waals surface area contributed by atoms with Crippen LogP contribution < -0.4 is 0 Å². The number of rotatable bonds is 3. The third kappa shape index (κ3) is 2.70. The highest BCUT2D eigenvalue weighted by Gasteiger charge is 2.30. The van der Waals surface area contributed by atoms with Gasteiger partial charge in [0, 0.05) is 5.56 Å². The molecule has 1 aliphatic rings. The average Bonchev–Trinajstić information content (AvgIpc) is 2.47. The summed E-state index contributed by atoms with van der Waals surface area (Å²) in [6.07, 6.45) is -0.0274. The van der Waals surface area contributed by atoms with Gasteiger partial charge >= 0.3 is 0 Å². The van der Waals surface area contributed by atoms with Crippen molar-refractivity contribution in [2.24, 2.45) is 0 Å². The van der Waals surface area contributed by atoms with Crippen molar-refractivity contribution in [3.63, 3.8) is 0 Å². The molecule has 1 heterocycles. The lowest BCUT2D eigenvalue weighted by atomic mass is 10.1. The Labute approximate surface area is 119 Å². The number of benzene rings is 1. The van der Waals surface area contributed by atoms with Crippen LogP contribution in [-0.2, 0) is 19.3 Å². The second-order valence-electron chi connectivity index (χ2n) is 4.85. The zero-order chi connectivity index (χ0) is 14.8. The fourth-order valence-corrected chi connectivity index (χ4v) is 3.33. The van der Waals surface area contributed by atoms with Crippen LogP contribution in [0.4, 0.5) is 0 Å². The van der Waals surface area contributed by atoms with Gasteiger partial charge < -0.3 is 9.47 Å². The molecule has 0 radical (unpaired) electrons. The summed E-state index contributed by atoms with van der Waals surface area (Å²) in [6.45, 7) is 4.21. The molecule has 0 aromatic heterocycles. The molecular formula is C14H17NO4S. The van der Waals surface area contributed by atoms with E-state index in [2.05, 4.69) is 0 Å². The van der Waals surface area contributed by atoms with Crippen LogP contribution in [0.5, 0.6) is 0 Å². The Morgan fingerprint density at radius 3 is 2.50 bits per heavy atom. The molecule has 1 saturated heterocycles. The van der Waals surface area contributed by atoms with Crippen molar-refractivity contribution in [1.29, 1.82) is 5.26 Å². The SMILES string of the molecule is CC(C)S(=O)(=O)c1cccc(C#N)c1C1OCCCO1. The summed E-state index contributed by atoms with van der Waals surface area (Å²) in [6, 6.07) is 6.68. The van der Waals surface area contributed by atoms with E-state index in [0.29, 0.717) is 18.8 Å². The molecule has 0 aliphatic carbocycles. The van der Waals surface area contributed by atoms with E-state index in [0.717, 1.165) is 6.42 Å². The van der Waals surface area contributed by atoms with Gasteiger partial charge in [-0.15, -0.1) is 0 Å². The molecule has 0 unspecified atom stereocenters. The molecule has 1 fully saturated rings. The van der Waals surface area contributed by atoms with Crippen molar-refractivity contribution in [3.05, 3.63) is 29.3 Å². The van der Waals surface area contributed by atoms with Gasteiger partial charge in [0.25, 0.3) is 0 Å². The summed E-state index contributed by atoms with van der Waals surface area (Å²) in [5.74, 6) is 0. The third-order valence-corrected chi connectivity index (χ3v) is 5.39. The standard InChI is InChI=1S/C14H17NO4S/c1-10(2)20(16,17)12-6-3-5-11(9-15)13(12)14-18-7-4-8-19-14/h3,5-6,10,14H,4,7-8H2,1-2H3. The highest BCUT2D eigenvalue weighted by atomic mass is 32.2. The zero-order valence-electron chi connectivity index (χ0n) is 11.5. The Kier molecular flexibility index (Phi) is 4.43. The normalized spacial score (nSPS) is 17.1. The number of sulfone groups is 1. The fraction of sp³-hybridized carbons (Fsp3) is 0.500. The van der Waals surface area contributed by atoms with Crippen molar-refractivity contribution in [3.8, 4) is 6.07 Å². The first-order chi connectivity index (χ1) is 9.48. The van der Waals surface area contributed by atoms with Gasteiger partial charge in [-0.25, -0.2) is 8.42 Å². The molecule has 2 rings (SSSR count). The molecule has 108 valence electrons. The summed E-state index contributed by atoms with van der Waals surface area (Å²) >= 11 is 0. The number of nitrogens with zero attached hydrogens (tertiary/aromatic N) is 1. The first-order valence-electron chi connectivity index (χ1n) is 6.48. The molecule has 0 amide bonds. The minimum Gasteiger partial charge on any atom is -0.348 e. The van der Waals surface area contributed by atoms with Crippen LogP contribution in [0.25, 0.3) is 0 Å². The Morgan fingerprint density at radius 1 is 1.30 bits per heavy atom. The Morgan fingerprint density at radius 2 is 1.95 bits per heavy atom. The van der Waals surface area contributed by atoms with Crippen molar-refractivity contribution in [2.45, 2.75) is 36.7 Å². The van der Waals surface area contributed by atoms with E-state index >= 15 is 0 Å². The second-order valence-corrected chi connectivity index (χ2v) is 7.32. The molecule has 5 nitrogen and oxygen atoms in total. The van der Waals surface area contributed by atoms with Crippen LogP contribution in [0.3, 0.4) is 0 Å². The molecule has 0 N–H and O–H groups in total. The smallest absolute Gasteiger partial charge is 0.186 e. The topological polar surface area (TPSA) is 76.4 Å². The van der Waals surface area contributed by atoms with Gasteiger partial charge in [-0.3, -0.25) is 0 Å². The molecule has 0 bridgehead atoms. The lowest BCUT2D eigenvalue weighted by molar-refractivity contribution is -0.184. The maximum absolute atomic E-state index is 12.4. The van der Waals surface area contributed by atoms with Gasteiger partial charge in [0.15, 0.2) is 16.1 Å². The van der Waals surface area contributed by atoms with Crippen LogP contribution in [0, 0.1) is 11.3 Å². The van der Waals surface area contributed by atoms with Crippen LogP contribution in [0.2, 0.25) is 0 Å². The van der Waals surface area contributed by atoms with Gasteiger partial charge in [0.05, 0.1) is 35.0 Å². The number of hydrogen-bond donors (Lipinski definition) is 0. The van der Waals surface area contributed by atoms with Crippen molar-refractivity contribution >= 4 is 9.84 Å². The summed E-state index contributed by atoms with van der Waals surface area (Å²) in [4.78, 5) is 0.124. The molecule has 0 spiro atoms. The Balaban J connectivity index is 2.61. The van der Waals surface area contributed by atoms with E-state index in [1.807, 2.05) is 6.07 Å². The summed E-state index contributed by atoms with van der Waals surface area (Å²) < 4.78 is 35.9.